The molecule has 2 rings (SSSR count). The van der Waals surface area contributed by atoms with E-state index in [9.17, 15) is 9.59 Å². The molecule has 0 amide bonds. The molecule has 0 aliphatic rings. The van der Waals surface area contributed by atoms with Gasteiger partial charge in [-0.25, -0.2) is 4.98 Å². The standard InChI is InChI=1S/C12H9ClN2O3S2/c1-18-15-10(8(16)6-13)11(17)20-12-14-7-4-2-3-5-9(7)19-12/h2-5H,6H2,1H3. The minimum Gasteiger partial charge on any atom is -0.398 e. The first-order valence-electron chi connectivity index (χ1n) is 5.43. The number of para-hydroxylation sites is 1. The van der Waals surface area contributed by atoms with Crippen LogP contribution in [0, 0.1) is 0 Å². The van der Waals surface area contributed by atoms with Gasteiger partial charge in [0.15, 0.2) is 4.34 Å². The summed E-state index contributed by atoms with van der Waals surface area (Å²) in [6.45, 7) is 0. The molecule has 20 heavy (non-hydrogen) atoms. The molecule has 0 fully saturated rings. The summed E-state index contributed by atoms with van der Waals surface area (Å²) in [5, 5.41) is 2.90. The van der Waals surface area contributed by atoms with Crippen molar-refractivity contribution in [2.24, 2.45) is 5.16 Å². The van der Waals surface area contributed by atoms with Gasteiger partial charge in [0.2, 0.25) is 11.5 Å². The summed E-state index contributed by atoms with van der Waals surface area (Å²) in [5.41, 5.74) is 0.494. The Labute approximate surface area is 128 Å². The average Bonchev–Trinajstić information content (AvgIpc) is 2.85. The van der Waals surface area contributed by atoms with Gasteiger partial charge in [0.1, 0.15) is 7.11 Å². The number of benzene rings is 1. The normalized spacial score (nSPS) is 11.6. The minimum atomic E-state index is -0.577. The highest BCUT2D eigenvalue weighted by molar-refractivity contribution is 8.17. The fourth-order valence-corrected chi connectivity index (χ4v) is 3.42. The first-order chi connectivity index (χ1) is 9.65. The Morgan fingerprint density at radius 3 is 2.85 bits per heavy atom. The zero-order valence-corrected chi connectivity index (χ0v) is 12.7. The summed E-state index contributed by atoms with van der Waals surface area (Å²) in [7, 11) is 1.26. The van der Waals surface area contributed by atoms with E-state index in [0.29, 0.717) is 4.34 Å². The van der Waals surface area contributed by atoms with E-state index in [0.717, 1.165) is 22.0 Å². The molecule has 0 aliphatic heterocycles. The molecule has 8 heteroatoms. The van der Waals surface area contributed by atoms with Gasteiger partial charge in [0, 0.05) is 0 Å². The van der Waals surface area contributed by atoms with Crippen LogP contribution in [0.25, 0.3) is 10.2 Å². The highest BCUT2D eigenvalue weighted by Crippen LogP contribution is 2.30. The number of carbonyl (C=O) groups is 2. The van der Waals surface area contributed by atoms with Crippen LogP contribution in [0.1, 0.15) is 0 Å². The van der Waals surface area contributed by atoms with Gasteiger partial charge in [0.25, 0.3) is 5.12 Å². The molecule has 0 spiro atoms. The number of hydrogen-bond acceptors (Lipinski definition) is 7. The van der Waals surface area contributed by atoms with E-state index in [1.165, 1.54) is 18.4 Å². The molecule has 0 unspecified atom stereocenters. The summed E-state index contributed by atoms with van der Waals surface area (Å²) in [6.07, 6.45) is 0. The molecule has 5 nitrogen and oxygen atoms in total. The maximum Gasteiger partial charge on any atom is 0.251 e. The molecule has 0 aliphatic carbocycles. The molecule has 0 bridgehead atoms. The molecule has 1 aromatic heterocycles. The second-order valence-electron chi connectivity index (χ2n) is 3.52. The topological polar surface area (TPSA) is 68.6 Å². The minimum absolute atomic E-state index is 0.313. The number of thioether (sulfide) groups is 1. The van der Waals surface area contributed by atoms with E-state index >= 15 is 0 Å². The SMILES string of the molecule is CON=C(C(=O)CCl)C(=O)Sc1nc2ccccc2s1. The lowest BCUT2D eigenvalue weighted by atomic mass is 10.3. The van der Waals surface area contributed by atoms with E-state index in [1.807, 2.05) is 24.3 Å². The zero-order chi connectivity index (χ0) is 14.5. The third kappa shape index (κ3) is 3.36. The summed E-state index contributed by atoms with van der Waals surface area (Å²) < 4.78 is 1.51. The van der Waals surface area contributed by atoms with Crippen molar-refractivity contribution in [1.29, 1.82) is 0 Å². The number of Topliss-reactive ketones (excluding diaryl/α,β-unsaturated/α-hetero) is 1. The number of oxime groups is 1. The van der Waals surface area contributed by atoms with Crippen LogP contribution in [0.15, 0.2) is 33.8 Å². The molecule has 0 saturated heterocycles. The maximum absolute atomic E-state index is 12.0. The molecule has 0 radical (unpaired) electrons. The Morgan fingerprint density at radius 1 is 1.45 bits per heavy atom. The monoisotopic (exact) mass is 328 g/mol. The maximum atomic E-state index is 12.0. The number of carbonyl (C=O) groups excluding carboxylic acids is 2. The van der Waals surface area contributed by atoms with Crippen LogP contribution in [0.2, 0.25) is 0 Å². The number of fused-ring (bicyclic) bond motifs is 1. The fourth-order valence-electron chi connectivity index (χ4n) is 1.38. The first-order valence-corrected chi connectivity index (χ1v) is 7.60. The van der Waals surface area contributed by atoms with Crippen LogP contribution in [-0.4, -0.2) is 34.6 Å². The number of nitrogens with zero attached hydrogens (tertiary/aromatic N) is 2. The summed E-state index contributed by atoms with van der Waals surface area (Å²) in [5.74, 6) is -0.902. The van der Waals surface area contributed by atoms with Crippen molar-refractivity contribution in [3.05, 3.63) is 24.3 Å². The van der Waals surface area contributed by atoms with Crippen molar-refractivity contribution in [2.45, 2.75) is 4.34 Å². The van der Waals surface area contributed by atoms with Gasteiger partial charge in [0.05, 0.1) is 16.1 Å². The number of aromatic nitrogens is 1. The number of ketones is 1. The van der Waals surface area contributed by atoms with Crippen molar-refractivity contribution in [1.82, 2.24) is 4.98 Å². The molecular weight excluding hydrogens is 320 g/mol. The lowest BCUT2D eigenvalue weighted by Crippen LogP contribution is -2.23. The van der Waals surface area contributed by atoms with Crippen molar-refractivity contribution >= 4 is 61.5 Å². The highest BCUT2D eigenvalue weighted by atomic mass is 35.5. The van der Waals surface area contributed by atoms with Crippen molar-refractivity contribution in [2.75, 3.05) is 13.0 Å². The van der Waals surface area contributed by atoms with Crippen LogP contribution in [0.5, 0.6) is 0 Å². The number of halogens is 1. The van der Waals surface area contributed by atoms with Crippen LogP contribution in [0.4, 0.5) is 0 Å². The zero-order valence-electron chi connectivity index (χ0n) is 10.3. The summed E-state index contributed by atoms with van der Waals surface area (Å²) in [6, 6.07) is 7.53. The van der Waals surface area contributed by atoms with Crippen LogP contribution >= 0.6 is 34.7 Å². The van der Waals surface area contributed by atoms with Gasteiger partial charge in [-0.05, 0) is 23.9 Å². The van der Waals surface area contributed by atoms with Crippen LogP contribution < -0.4 is 0 Å². The van der Waals surface area contributed by atoms with E-state index in [-0.39, 0.29) is 11.6 Å². The smallest absolute Gasteiger partial charge is 0.251 e. The van der Waals surface area contributed by atoms with E-state index in [2.05, 4.69) is 15.0 Å². The Morgan fingerprint density at radius 2 is 2.20 bits per heavy atom. The van der Waals surface area contributed by atoms with Gasteiger partial charge >= 0.3 is 0 Å². The second kappa shape index (κ2) is 6.83. The van der Waals surface area contributed by atoms with Crippen LogP contribution in [0.3, 0.4) is 0 Å². The number of alkyl halides is 1. The van der Waals surface area contributed by atoms with Gasteiger partial charge in [-0.15, -0.1) is 22.9 Å². The average molecular weight is 329 g/mol. The molecule has 0 saturated carbocycles. The number of rotatable bonds is 5. The lowest BCUT2D eigenvalue weighted by Gasteiger charge is -1.99. The molecule has 1 aromatic carbocycles. The van der Waals surface area contributed by atoms with Gasteiger partial charge in [-0.1, -0.05) is 17.3 Å². The van der Waals surface area contributed by atoms with Gasteiger partial charge in [-0.2, -0.15) is 0 Å². The molecule has 104 valence electrons. The number of thiazole rings is 1. The fraction of sp³-hybridized carbons (Fsp3) is 0.167. The molecule has 0 atom stereocenters. The molecule has 0 N–H and O–H groups in total. The van der Waals surface area contributed by atoms with Crippen molar-refractivity contribution in [3.63, 3.8) is 0 Å². The lowest BCUT2D eigenvalue weighted by molar-refractivity contribution is -0.112. The van der Waals surface area contributed by atoms with Crippen LogP contribution in [-0.2, 0) is 14.4 Å². The summed E-state index contributed by atoms with van der Waals surface area (Å²) >= 11 is 7.64. The third-order valence-electron chi connectivity index (χ3n) is 2.22. The molecule has 1 heterocycles. The largest absolute Gasteiger partial charge is 0.398 e. The third-order valence-corrected chi connectivity index (χ3v) is 4.43. The highest BCUT2D eigenvalue weighted by Gasteiger charge is 2.23. The van der Waals surface area contributed by atoms with E-state index in [4.69, 9.17) is 11.6 Å². The van der Waals surface area contributed by atoms with Gasteiger partial charge < -0.3 is 4.84 Å². The quantitative estimate of drug-likeness (QED) is 0.277. The Hall–Kier alpha value is -1.44. The molecule has 2 aromatic rings. The van der Waals surface area contributed by atoms with E-state index in [1.54, 1.807) is 0 Å². The van der Waals surface area contributed by atoms with Crippen molar-refractivity contribution in [3.8, 4) is 0 Å². The first kappa shape index (κ1) is 15.0. The predicted molar refractivity (Wildman–Crippen MR) is 80.7 cm³/mol. The van der Waals surface area contributed by atoms with E-state index < -0.39 is 10.9 Å². The Bertz CT molecular complexity index is 651. The van der Waals surface area contributed by atoms with Gasteiger partial charge in [-0.3, -0.25) is 9.59 Å². The second-order valence-corrected chi connectivity index (χ2v) is 6.03. The van der Waals surface area contributed by atoms with Crippen molar-refractivity contribution < 1.29 is 14.4 Å². The number of hydrogen-bond donors (Lipinski definition) is 0. The molecular formula is C12H9ClN2O3S2. The predicted octanol–water partition coefficient (Wildman–Crippen LogP) is 2.73. The Kier molecular flexibility index (Phi) is 5.11. The Balaban J connectivity index is 2.21. The summed E-state index contributed by atoms with van der Waals surface area (Å²) in [4.78, 5) is 32.3.